The predicted octanol–water partition coefficient (Wildman–Crippen LogP) is 2.42. The number of rotatable bonds is 4. The fourth-order valence-electron chi connectivity index (χ4n) is 1.67. The molecule has 0 radical (unpaired) electrons. The molecule has 0 atom stereocenters. The maximum atomic E-state index is 5.81. The highest BCUT2D eigenvalue weighted by Crippen LogP contribution is 2.19. The summed E-state index contributed by atoms with van der Waals surface area (Å²) in [4.78, 5) is 11.0. The van der Waals surface area contributed by atoms with Crippen LogP contribution in [0.4, 0.5) is 11.6 Å². The van der Waals surface area contributed by atoms with Crippen molar-refractivity contribution in [2.24, 2.45) is 0 Å². The lowest BCUT2D eigenvalue weighted by molar-refractivity contribution is 0.681. The summed E-state index contributed by atoms with van der Waals surface area (Å²) in [6, 6.07) is 2.26. The van der Waals surface area contributed by atoms with Crippen molar-refractivity contribution in [2.45, 2.75) is 46.6 Å². The molecule has 2 N–H and O–H groups in total. The van der Waals surface area contributed by atoms with Gasteiger partial charge in [-0.25, -0.2) is 9.97 Å². The van der Waals surface area contributed by atoms with Crippen LogP contribution in [0.1, 0.15) is 46.4 Å². The first kappa shape index (κ1) is 12.7. The van der Waals surface area contributed by atoms with E-state index in [0.717, 1.165) is 18.2 Å². The van der Waals surface area contributed by atoms with Crippen molar-refractivity contribution in [3.05, 3.63) is 11.9 Å². The van der Waals surface area contributed by atoms with Crippen molar-refractivity contribution >= 4 is 11.6 Å². The van der Waals surface area contributed by atoms with Crippen molar-refractivity contribution in [3.63, 3.8) is 0 Å². The van der Waals surface area contributed by atoms with Crippen LogP contribution in [0.25, 0.3) is 0 Å². The van der Waals surface area contributed by atoms with Gasteiger partial charge < -0.3 is 10.6 Å². The monoisotopic (exact) mass is 222 g/mol. The van der Waals surface area contributed by atoms with Gasteiger partial charge in [0.05, 0.1) is 0 Å². The smallest absolute Gasteiger partial charge is 0.135 e. The third-order valence-electron chi connectivity index (χ3n) is 2.52. The molecule has 0 saturated heterocycles. The average molecular weight is 222 g/mol. The number of anilines is 2. The Morgan fingerprint density at radius 2 is 1.88 bits per heavy atom. The molecule has 0 amide bonds. The molecule has 0 fully saturated rings. The van der Waals surface area contributed by atoms with Gasteiger partial charge in [-0.1, -0.05) is 13.8 Å². The van der Waals surface area contributed by atoms with E-state index < -0.39 is 0 Å². The highest BCUT2D eigenvalue weighted by molar-refractivity contribution is 5.47. The largest absolute Gasteiger partial charge is 0.384 e. The molecule has 4 nitrogen and oxygen atoms in total. The maximum absolute atomic E-state index is 5.81. The minimum Gasteiger partial charge on any atom is -0.384 e. The van der Waals surface area contributed by atoms with Crippen LogP contribution in [0.15, 0.2) is 6.07 Å². The Kier molecular flexibility index (Phi) is 4.10. The Morgan fingerprint density at radius 1 is 1.25 bits per heavy atom. The van der Waals surface area contributed by atoms with Crippen LogP contribution in [0.3, 0.4) is 0 Å². The fraction of sp³-hybridized carbons (Fsp3) is 0.667. The van der Waals surface area contributed by atoms with Crippen molar-refractivity contribution < 1.29 is 0 Å². The first-order valence-electron chi connectivity index (χ1n) is 5.86. The standard InChI is InChI=1S/C12H22N4/c1-6-16(9(4)5)11-7-10(13)14-12(15-11)8(2)3/h7-9H,6H2,1-5H3,(H2,13,14,15). The zero-order valence-corrected chi connectivity index (χ0v) is 10.9. The van der Waals surface area contributed by atoms with E-state index in [2.05, 4.69) is 49.5 Å². The van der Waals surface area contributed by atoms with Crippen molar-refractivity contribution in [2.75, 3.05) is 17.2 Å². The lowest BCUT2D eigenvalue weighted by atomic mass is 10.2. The second-order valence-corrected chi connectivity index (χ2v) is 4.54. The summed E-state index contributed by atoms with van der Waals surface area (Å²) in [6.45, 7) is 11.5. The minimum absolute atomic E-state index is 0.299. The van der Waals surface area contributed by atoms with Gasteiger partial charge in [-0.2, -0.15) is 0 Å². The summed E-state index contributed by atoms with van der Waals surface area (Å²) in [5, 5.41) is 0. The third kappa shape index (κ3) is 2.84. The van der Waals surface area contributed by atoms with E-state index in [4.69, 9.17) is 5.73 Å². The van der Waals surface area contributed by atoms with E-state index in [1.165, 1.54) is 0 Å². The van der Waals surface area contributed by atoms with E-state index in [1.807, 2.05) is 6.07 Å². The number of aromatic nitrogens is 2. The molecule has 0 aromatic carbocycles. The van der Waals surface area contributed by atoms with Crippen LogP contribution in [-0.2, 0) is 0 Å². The number of nitrogens with zero attached hydrogens (tertiary/aromatic N) is 3. The Hall–Kier alpha value is -1.32. The quantitative estimate of drug-likeness (QED) is 0.850. The average Bonchev–Trinajstić information content (AvgIpc) is 2.17. The topological polar surface area (TPSA) is 55.0 Å². The molecule has 0 saturated carbocycles. The van der Waals surface area contributed by atoms with Gasteiger partial charge in [0.1, 0.15) is 17.5 Å². The van der Waals surface area contributed by atoms with Gasteiger partial charge in [-0.3, -0.25) is 0 Å². The summed E-state index contributed by atoms with van der Waals surface area (Å²) in [6.07, 6.45) is 0. The van der Waals surface area contributed by atoms with Gasteiger partial charge in [0.2, 0.25) is 0 Å². The van der Waals surface area contributed by atoms with Crippen LogP contribution in [0.2, 0.25) is 0 Å². The van der Waals surface area contributed by atoms with E-state index in [0.29, 0.717) is 17.8 Å². The second kappa shape index (κ2) is 5.14. The SMILES string of the molecule is CCN(c1cc(N)nc(C(C)C)n1)C(C)C. The lowest BCUT2D eigenvalue weighted by Gasteiger charge is -2.27. The third-order valence-corrected chi connectivity index (χ3v) is 2.52. The highest BCUT2D eigenvalue weighted by Gasteiger charge is 2.13. The van der Waals surface area contributed by atoms with Crippen molar-refractivity contribution in [1.82, 2.24) is 9.97 Å². The van der Waals surface area contributed by atoms with Gasteiger partial charge in [0, 0.05) is 24.6 Å². The van der Waals surface area contributed by atoms with E-state index in [9.17, 15) is 0 Å². The molecule has 90 valence electrons. The summed E-state index contributed by atoms with van der Waals surface area (Å²) < 4.78 is 0. The van der Waals surface area contributed by atoms with Gasteiger partial charge >= 0.3 is 0 Å². The van der Waals surface area contributed by atoms with Gasteiger partial charge in [0.25, 0.3) is 0 Å². The Balaban J connectivity index is 3.12. The molecule has 16 heavy (non-hydrogen) atoms. The molecule has 4 heteroatoms. The normalized spacial score (nSPS) is 11.2. The van der Waals surface area contributed by atoms with Crippen LogP contribution in [-0.4, -0.2) is 22.6 Å². The zero-order chi connectivity index (χ0) is 12.3. The van der Waals surface area contributed by atoms with Crippen LogP contribution in [0, 0.1) is 0 Å². The van der Waals surface area contributed by atoms with E-state index in [1.54, 1.807) is 0 Å². The van der Waals surface area contributed by atoms with Crippen molar-refractivity contribution in [3.8, 4) is 0 Å². The molecule has 0 unspecified atom stereocenters. The highest BCUT2D eigenvalue weighted by atomic mass is 15.2. The first-order chi connectivity index (χ1) is 7.45. The molecule has 1 aromatic rings. The van der Waals surface area contributed by atoms with Crippen LogP contribution < -0.4 is 10.6 Å². The molecule has 1 rings (SSSR count). The van der Waals surface area contributed by atoms with Crippen LogP contribution in [0.5, 0.6) is 0 Å². The van der Waals surface area contributed by atoms with Gasteiger partial charge in [0.15, 0.2) is 0 Å². The molecule has 0 spiro atoms. The molecule has 0 bridgehead atoms. The summed E-state index contributed by atoms with van der Waals surface area (Å²) in [5.74, 6) is 2.59. The molecule has 0 aliphatic heterocycles. The lowest BCUT2D eigenvalue weighted by Crippen LogP contribution is -2.31. The number of nitrogen functional groups attached to an aromatic ring is 1. The number of hydrogen-bond donors (Lipinski definition) is 1. The minimum atomic E-state index is 0.299. The Morgan fingerprint density at radius 3 is 2.31 bits per heavy atom. The van der Waals surface area contributed by atoms with Gasteiger partial charge in [-0.15, -0.1) is 0 Å². The molecule has 1 heterocycles. The Bertz CT molecular complexity index is 347. The first-order valence-corrected chi connectivity index (χ1v) is 5.86. The maximum Gasteiger partial charge on any atom is 0.135 e. The molecular weight excluding hydrogens is 200 g/mol. The zero-order valence-electron chi connectivity index (χ0n) is 10.9. The molecule has 0 aliphatic rings. The second-order valence-electron chi connectivity index (χ2n) is 4.54. The summed E-state index contributed by atoms with van der Waals surface area (Å²) in [7, 11) is 0. The van der Waals surface area contributed by atoms with E-state index >= 15 is 0 Å². The molecule has 0 aliphatic carbocycles. The molecule has 1 aromatic heterocycles. The van der Waals surface area contributed by atoms with Crippen molar-refractivity contribution in [1.29, 1.82) is 0 Å². The van der Waals surface area contributed by atoms with Gasteiger partial charge in [-0.05, 0) is 20.8 Å². The Labute approximate surface area is 97.9 Å². The number of nitrogens with two attached hydrogens (primary N) is 1. The summed E-state index contributed by atoms with van der Waals surface area (Å²) >= 11 is 0. The van der Waals surface area contributed by atoms with E-state index in [-0.39, 0.29) is 0 Å². The number of hydrogen-bond acceptors (Lipinski definition) is 4. The van der Waals surface area contributed by atoms with Crippen LogP contribution >= 0.6 is 0 Å². The fourth-order valence-corrected chi connectivity index (χ4v) is 1.67. The molecular formula is C12H22N4. The predicted molar refractivity (Wildman–Crippen MR) is 68.7 cm³/mol. The summed E-state index contributed by atoms with van der Waals surface area (Å²) in [5.41, 5.74) is 5.81.